The Hall–Kier alpha value is -1.55. The van der Waals surface area contributed by atoms with Gasteiger partial charge in [0, 0.05) is 12.6 Å². The lowest BCUT2D eigenvalue weighted by molar-refractivity contribution is -0.127. The van der Waals surface area contributed by atoms with Gasteiger partial charge in [0.25, 0.3) is 5.91 Å². The second kappa shape index (κ2) is 7.29. The quantitative estimate of drug-likeness (QED) is 0.864. The van der Waals surface area contributed by atoms with Gasteiger partial charge in [-0.1, -0.05) is 25.1 Å². The molecule has 1 heterocycles. The second-order valence-corrected chi connectivity index (χ2v) is 5.24. The van der Waals surface area contributed by atoms with Gasteiger partial charge in [0.1, 0.15) is 5.75 Å². The summed E-state index contributed by atoms with van der Waals surface area (Å²) in [6.45, 7) is 6.87. The van der Waals surface area contributed by atoms with E-state index < -0.39 is 6.10 Å². The molecule has 1 N–H and O–H groups in total. The maximum absolute atomic E-state index is 12.0. The number of likely N-dealkylation sites (tertiary alicyclic amines) is 1. The number of benzene rings is 1. The van der Waals surface area contributed by atoms with Crippen molar-refractivity contribution >= 4 is 5.91 Å². The number of hydrogen-bond donors (Lipinski definition) is 1. The average Bonchev–Trinajstić information content (AvgIpc) is 2.93. The van der Waals surface area contributed by atoms with E-state index in [1.165, 1.54) is 12.8 Å². The lowest BCUT2D eigenvalue weighted by Gasteiger charge is -2.23. The van der Waals surface area contributed by atoms with E-state index in [1.54, 1.807) is 6.92 Å². The zero-order valence-corrected chi connectivity index (χ0v) is 12.3. The molecular formula is C16H24N2O2. The highest BCUT2D eigenvalue weighted by atomic mass is 16.5. The maximum Gasteiger partial charge on any atom is 0.260 e. The SMILES string of the molecule is CCN1CCCC1CNC(=O)C(C)Oc1ccccc1. The first kappa shape index (κ1) is 14.9. The van der Waals surface area contributed by atoms with Crippen LogP contribution in [0, 0.1) is 0 Å². The monoisotopic (exact) mass is 276 g/mol. The van der Waals surface area contributed by atoms with E-state index in [1.807, 2.05) is 30.3 Å². The highest BCUT2D eigenvalue weighted by molar-refractivity contribution is 5.80. The lowest BCUT2D eigenvalue weighted by Crippen LogP contribution is -2.44. The number of likely N-dealkylation sites (N-methyl/N-ethyl adjacent to an activating group) is 1. The van der Waals surface area contributed by atoms with Crippen LogP contribution in [0.3, 0.4) is 0 Å². The summed E-state index contributed by atoms with van der Waals surface area (Å²) in [5.41, 5.74) is 0. The smallest absolute Gasteiger partial charge is 0.260 e. The van der Waals surface area contributed by atoms with Crippen molar-refractivity contribution in [2.75, 3.05) is 19.6 Å². The first-order valence-electron chi connectivity index (χ1n) is 7.44. The summed E-state index contributed by atoms with van der Waals surface area (Å²) in [5, 5.41) is 3.00. The Bertz CT molecular complexity index is 422. The van der Waals surface area contributed by atoms with Gasteiger partial charge in [0.2, 0.25) is 0 Å². The van der Waals surface area contributed by atoms with E-state index in [0.29, 0.717) is 6.04 Å². The molecule has 1 aliphatic rings. The van der Waals surface area contributed by atoms with Gasteiger partial charge >= 0.3 is 0 Å². The minimum Gasteiger partial charge on any atom is -0.481 e. The molecule has 0 saturated carbocycles. The molecule has 0 aliphatic carbocycles. The topological polar surface area (TPSA) is 41.6 Å². The predicted molar refractivity (Wildman–Crippen MR) is 79.8 cm³/mol. The predicted octanol–water partition coefficient (Wildman–Crippen LogP) is 2.05. The number of nitrogens with zero attached hydrogens (tertiary/aromatic N) is 1. The zero-order chi connectivity index (χ0) is 14.4. The van der Waals surface area contributed by atoms with Crippen LogP contribution in [0.4, 0.5) is 0 Å². The molecule has 20 heavy (non-hydrogen) atoms. The van der Waals surface area contributed by atoms with Crippen LogP contribution in [0.5, 0.6) is 5.75 Å². The molecule has 110 valence electrons. The molecule has 2 rings (SSSR count). The molecule has 1 aromatic rings. The van der Waals surface area contributed by atoms with Crippen molar-refractivity contribution in [1.29, 1.82) is 0 Å². The molecule has 1 aromatic carbocycles. The second-order valence-electron chi connectivity index (χ2n) is 5.24. The highest BCUT2D eigenvalue weighted by Gasteiger charge is 2.24. The normalized spacial score (nSPS) is 20.6. The number of ether oxygens (including phenoxy) is 1. The molecule has 0 bridgehead atoms. The number of carbonyl (C=O) groups excluding carboxylic acids is 1. The molecule has 1 amide bonds. The fourth-order valence-electron chi connectivity index (χ4n) is 2.66. The first-order chi connectivity index (χ1) is 9.70. The molecule has 0 aromatic heterocycles. The summed E-state index contributed by atoms with van der Waals surface area (Å²) in [6.07, 6.45) is 1.93. The number of rotatable bonds is 6. The summed E-state index contributed by atoms with van der Waals surface area (Å²) in [7, 11) is 0. The van der Waals surface area contributed by atoms with Gasteiger partial charge in [-0.05, 0) is 45.0 Å². The largest absolute Gasteiger partial charge is 0.481 e. The third kappa shape index (κ3) is 3.97. The van der Waals surface area contributed by atoms with Crippen molar-refractivity contribution in [1.82, 2.24) is 10.2 Å². The van der Waals surface area contributed by atoms with Gasteiger partial charge in [-0.15, -0.1) is 0 Å². The summed E-state index contributed by atoms with van der Waals surface area (Å²) in [5.74, 6) is 0.683. The first-order valence-corrected chi connectivity index (χ1v) is 7.44. The van der Waals surface area contributed by atoms with E-state index >= 15 is 0 Å². The molecule has 1 aliphatic heterocycles. The molecule has 2 unspecified atom stereocenters. The lowest BCUT2D eigenvalue weighted by atomic mass is 10.2. The van der Waals surface area contributed by atoms with Crippen LogP contribution in [0.2, 0.25) is 0 Å². The molecule has 2 atom stereocenters. The Morgan fingerprint density at radius 2 is 2.20 bits per heavy atom. The van der Waals surface area contributed by atoms with E-state index in [2.05, 4.69) is 17.1 Å². The van der Waals surface area contributed by atoms with Crippen LogP contribution in [-0.2, 0) is 4.79 Å². The van der Waals surface area contributed by atoms with Gasteiger partial charge in [0.05, 0.1) is 0 Å². The van der Waals surface area contributed by atoms with Gasteiger partial charge in [-0.3, -0.25) is 9.69 Å². The van der Waals surface area contributed by atoms with Crippen molar-refractivity contribution in [3.63, 3.8) is 0 Å². The molecule has 4 nitrogen and oxygen atoms in total. The van der Waals surface area contributed by atoms with Crippen molar-refractivity contribution < 1.29 is 9.53 Å². The summed E-state index contributed by atoms with van der Waals surface area (Å²) < 4.78 is 5.62. The molecule has 0 radical (unpaired) electrons. The van der Waals surface area contributed by atoms with Crippen LogP contribution in [0.25, 0.3) is 0 Å². The molecular weight excluding hydrogens is 252 g/mol. The number of para-hydroxylation sites is 1. The molecule has 1 fully saturated rings. The molecule has 1 saturated heterocycles. The summed E-state index contributed by atoms with van der Waals surface area (Å²) >= 11 is 0. The van der Waals surface area contributed by atoms with Crippen molar-refractivity contribution in [3.05, 3.63) is 30.3 Å². The standard InChI is InChI=1S/C16H24N2O2/c1-3-18-11-7-8-14(18)12-17-16(19)13(2)20-15-9-5-4-6-10-15/h4-6,9-10,13-14H,3,7-8,11-12H2,1-2H3,(H,17,19). The van der Waals surface area contributed by atoms with E-state index in [9.17, 15) is 4.79 Å². The highest BCUT2D eigenvalue weighted by Crippen LogP contribution is 2.16. The fourth-order valence-corrected chi connectivity index (χ4v) is 2.66. The Balaban J connectivity index is 1.77. The number of nitrogens with one attached hydrogen (secondary N) is 1. The van der Waals surface area contributed by atoms with Gasteiger partial charge in [-0.25, -0.2) is 0 Å². The molecule has 4 heteroatoms. The van der Waals surface area contributed by atoms with Crippen molar-refractivity contribution in [2.45, 2.75) is 38.8 Å². The molecule has 0 spiro atoms. The van der Waals surface area contributed by atoms with Gasteiger partial charge in [0.15, 0.2) is 6.10 Å². The van der Waals surface area contributed by atoms with E-state index in [4.69, 9.17) is 4.74 Å². The maximum atomic E-state index is 12.0. The van der Waals surface area contributed by atoms with Crippen LogP contribution >= 0.6 is 0 Å². The van der Waals surface area contributed by atoms with Crippen LogP contribution in [-0.4, -0.2) is 42.6 Å². The van der Waals surface area contributed by atoms with Crippen LogP contribution in [0.1, 0.15) is 26.7 Å². The third-order valence-electron chi connectivity index (χ3n) is 3.84. The van der Waals surface area contributed by atoms with Crippen LogP contribution < -0.4 is 10.1 Å². The summed E-state index contributed by atoms with van der Waals surface area (Å²) in [4.78, 5) is 14.5. The minimum atomic E-state index is -0.464. The van der Waals surface area contributed by atoms with Crippen molar-refractivity contribution in [2.24, 2.45) is 0 Å². The Morgan fingerprint density at radius 1 is 1.45 bits per heavy atom. The Kier molecular flexibility index (Phi) is 5.41. The average molecular weight is 276 g/mol. The third-order valence-corrected chi connectivity index (χ3v) is 3.84. The van der Waals surface area contributed by atoms with Gasteiger partial charge in [-0.2, -0.15) is 0 Å². The van der Waals surface area contributed by atoms with E-state index in [0.717, 1.165) is 25.4 Å². The van der Waals surface area contributed by atoms with Crippen molar-refractivity contribution in [3.8, 4) is 5.75 Å². The Morgan fingerprint density at radius 3 is 2.90 bits per heavy atom. The zero-order valence-electron chi connectivity index (χ0n) is 12.3. The minimum absolute atomic E-state index is 0.0446. The van der Waals surface area contributed by atoms with Crippen LogP contribution in [0.15, 0.2) is 30.3 Å². The fraction of sp³-hybridized carbons (Fsp3) is 0.562. The summed E-state index contributed by atoms with van der Waals surface area (Å²) in [6, 6.07) is 9.93. The number of carbonyl (C=O) groups is 1. The van der Waals surface area contributed by atoms with E-state index in [-0.39, 0.29) is 5.91 Å². The van der Waals surface area contributed by atoms with Gasteiger partial charge < -0.3 is 10.1 Å². The number of amides is 1. The number of hydrogen-bond acceptors (Lipinski definition) is 3. The Labute approximate surface area is 121 Å².